The third kappa shape index (κ3) is 6.06. The molecule has 0 aliphatic rings. The molecule has 1 N–H and O–H groups in total. The van der Waals surface area contributed by atoms with Gasteiger partial charge < -0.3 is 4.74 Å². The number of ether oxygens (including phenoxy) is 1. The molecule has 0 saturated heterocycles. The molecule has 0 aliphatic carbocycles. The Morgan fingerprint density at radius 1 is 1.03 bits per heavy atom. The zero-order chi connectivity index (χ0) is 22.4. The number of Topliss-reactive ketones (excluding diaryl/α,β-unsaturated/α-hetero) is 1. The molecule has 1 heterocycles. The summed E-state index contributed by atoms with van der Waals surface area (Å²) in [4.78, 5) is 25.7. The Kier molecular flexibility index (Phi) is 7.32. The summed E-state index contributed by atoms with van der Waals surface area (Å²) >= 11 is 1.27. The van der Waals surface area contributed by atoms with Crippen LogP contribution in [0.1, 0.15) is 20.1 Å². The first kappa shape index (κ1) is 22.8. The van der Waals surface area contributed by atoms with Gasteiger partial charge in [0.2, 0.25) is 15.8 Å². The molecule has 3 aromatic rings. The van der Waals surface area contributed by atoms with Gasteiger partial charge in [-0.05, 0) is 43.2 Å². The molecule has 162 valence electrons. The molecule has 0 spiro atoms. The molecular weight excluding hydrogens is 441 g/mol. The number of sulfonamides is 1. The van der Waals surface area contributed by atoms with Crippen molar-refractivity contribution in [2.45, 2.75) is 24.3 Å². The number of ketones is 1. The highest BCUT2D eigenvalue weighted by Crippen LogP contribution is 2.17. The highest BCUT2D eigenvalue weighted by molar-refractivity contribution is 7.89. The summed E-state index contributed by atoms with van der Waals surface area (Å²) in [6.45, 7) is 1.33. The minimum Gasteiger partial charge on any atom is -0.456 e. The molecule has 1 aromatic heterocycles. The first-order valence-corrected chi connectivity index (χ1v) is 11.6. The molecular formula is C22H20FNO5S2. The van der Waals surface area contributed by atoms with E-state index in [1.54, 1.807) is 42.5 Å². The van der Waals surface area contributed by atoms with Crippen LogP contribution in [-0.2, 0) is 26.0 Å². The van der Waals surface area contributed by atoms with Crippen LogP contribution in [0.25, 0.3) is 0 Å². The number of carbonyl (C=O) groups is 2. The molecule has 0 radical (unpaired) electrons. The number of hydrogen-bond donors (Lipinski definition) is 1. The number of thiophene rings is 1. The van der Waals surface area contributed by atoms with Crippen LogP contribution in [0, 0.1) is 12.7 Å². The van der Waals surface area contributed by atoms with Gasteiger partial charge in [0.05, 0.1) is 4.88 Å². The van der Waals surface area contributed by atoms with Crippen LogP contribution < -0.4 is 4.72 Å². The van der Waals surface area contributed by atoms with E-state index >= 15 is 0 Å². The summed E-state index contributed by atoms with van der Waals surface area (Å²) in [5, 5.41) is 0. The van der Waals surface area contributed by atoms with Crippen LogP contribution in [0.5, 0.6) is 0 Å². The van der Waals surface area contributed by atoms with E-state index in [9.17, 15) is 22.4 Å². The number of benzene rings is 2. The van der Waals surface area contributed by atoms with Crippen molar-refractivity contribution in [3.63, 3.8) is 0 Å². The monoisotopic (exact) mass is 461 g/mol. The van der Waals surface area contributed by atoms with Crippen LogP contribution >= 0.6 is 11.3 Å². The predicted octanol–water partition coefficient (Wildman–Crippen LogP) is 3.51. The molecule has 1 atom stereocenters. The Hall–Kier alpha value is -2.88. The van der Waals surface area contributed by atoms with E-state index in [1.165, 1.54) is 23.5 Å². The molecule has 0 bridgehead atoms. The average Bonchev–Trinajstić information content (AvgIpc) is 3.18. The first-order chi connectivity index (χ1) is 14.8. The summed E-state index contributed by atoms with van der Waals surface area (Å²) in [6, 6.07) is 15.6. The maximum atomic E-state index is 14.0. The van der Waals surface area contributed by atoms with E-state index in [0.717, 1.165) is 17.0 Å². The molecule has 1 unspecified atom stereocenters. The topological polar surface area (TPSA) is 89.5 Å². The van der Waals surface area contributed by atoms with Crippen LogP contribution in [0.4, 0.5) is 4.39 Å². The number of carbonyl (C=O) groups excluding carboxylic acids is 2. The fourth-order valence-corrected chi connectivity index (χ4v) is 4.88. The van der Waals surface area contributed by atoms with E-state index in [2.05, 4.69) is 4.72 Å². The zero-order valence-corrected chi connectivity index (χ0v) is 18.2. The lowest BCUT2D eigenvalue weighted by Crippen LogP contribution is -2.44. The molecule has 3 rings (SSSR count). The third-order valence-corrected chi connectivity index (χ3v) is 6.90. The smallest absolute Gasteiger partial charge is 0.324 e. The number of hydrogen-bond acceptors (Lipinski definition) is 6. The minimum atomic E-state index is -4.35. The third-order valence-electron chi connectivity index (χ3n) is 4.35. The Morgan fingerprint density at radius 2 is 1.71 bits per heavy atom. The van der Waals surface area contributed by atoms with Gasteiger partial charge in [-0.25, -0.2) is 12.8 Å². The molecule has 0 aliphatic heterocycles. The van der Waals surface area contributed by atoms with Gasteiger partial charge in [0.1, 0.15) is 16.8 Å². The standard InChI is InChI=1S/C22H20FNO5S2/c1-15-11-12-20(30-15)19(25)14-29-22(26)18(13-16-7-3-2-4-8-16)24-31(27,28)21-10-6-5-9-17(21)23/h2-12,18,24H,13-14H2,1H3. The van der Waals surface area contributed by atoms with E-state index < -0.39 is 39.4 Å². The normalized spacial score (nSPS) is 12.3. The van der Waals surface area contributed by atoms with E-state index in [4.69, 9.17) is 4.74 Å². The average molecular weight is 462 g/mol. The summed E-state index contributed by atoms with van der Waals surface area (Å²) in [6.07, 6.45) is -0.0281. The SMILES string of the molecule is Cc1ccc(C(=O)COC(=O)C(Cc2ccccc2)NS(=O)(=O)c2ccccc2F)s1. The molecule has 31 heavy (non-hydrogen) atoms. The van der Waals surface area contributed by atoms with E-state index in [0.29, 0.717) is 10.4 Å². The van der Waals surface area contributed by atoms with Crippen molar-refractivity contribution in [2.75, 3.05) is 6.61 Å². The maximum Gasteiger partial charge on any atom is 0.324 e. The summed E-state index contributed by atoms with van der Waals surface area (Å²) < 4.78 is 46.7. The van der Waals surface area contributed by atoms with Crippen molar-refractivity contribution < 1.29 is 27.1 Å². The number of aryl methyl sites for hydroxylation is 1. The van der Waals surface area contributed by atoms with Gasteiger partial charge in [0.25, 0.3) is 0 Å². The molecule has 2 aromatic carbocycles. The van der Waals surface area contributed by atoms with Crippen molar-refractivity contribution in [3.8, 4) is 0 Å². The molecule has 0 amide bonds. The molecule has 6 nitrogen and oxygen atoms in total. The minimum absolute atomic E-state index is 0.0281. The van der Waals surface area contributed by atoms with Crippen molar-refractivity contribution in [1.29, 1.82) is 0 Å². The van der Waals surface area contributed by atoms with Crippen molar-refractivity contribution in [2.24, 2.45) is 0 Å². The number of nitrogens with one attached hydrogen (secondary N) is 1. The second-order valence-electron chi connectivity index (χ2n) is 6.74. The van der Waals surface area contributed by atoms with Gasteiger partial charge in [-0.2, -0.15) is 4.72 Å². The van der Waals surface area contributed by atoms with Gasteiger partial charge in [-0.15, -0.1) is 11.3 Å². The summed E-state index contributed by atoms with van der Waals surface area (Å²) in [7, 11) is -4.35. The van der Waals surface area contributed by atoms with Crippen molar-refractivity contribution in [3.05, 3.63) is 87.9 Å². The second kappa shape index (κ2) is 9.95. The van der Waals surface area contributed by atoms with Crippen LogP contribution in [0.2, 0.25) is 0 Å². The zero-order valence-electron chi connectivity index (χ0n) is 16.6. The largest absolute Gasteiger partial charge is 0.456 e. The Labute approximate surface area is 183 Å². The fourth-order valence-electron chi connectivity index (χ4n) is 2.83. The van der Waals surface area contributed by atoms with Crippen molar-refractivity contribution in [1.82, 2.24) is 4.72 Å². The quantitative estimate of drug-likeness (QED) is 0.389. The van der Waals surface area contributed by atoms with Crippen LogP contribution in [0.15, 0.2) is 71.6 Å². The lowest BCUT2D eigenvalue weighted by molar-refractivity contribution is -0.144. The fraction of sp³-hybridized carbons (Fsp3) is 0.182. The van der Waals surface area contributed by atoms with Gasteiger partial charge in [-0.1, -0.05) is 42.5 Å². The van der Waals surface area contributed by atoms with Gasteiger partial charge in [-0.3, -0.25) is 9.59 Å². The Bertz CT molecular complexity index is 1180. The Morgan fingerprint density at radius 3 is 2.35 bits per heavy atom. The van der Waals surface area contributed by atoms with E-state index in [1.807, 2.05) is 6.92 Å². The first-order valence-electron chi connectivity index (χ1n) is 9.33. The Balaban J connectivity index is 1.78. The lowest BCUT2D eigenvalue weighted by Gasteiger charge is -2.18. The second-order valence-corrected chi connectivity index (χ2v) is 9.71. The molecule has 9 heteroatoms. The van der Waals surface area contributed by atoms with Gasteiger partial charge in [0, 0.05) is 4.88 Å². The van der Waals surface area contributed by atoms with Gasteiger partial charge in [0.15, 0.2) is 6.61 Å². The number of esters is 1. The van der Waals surface area contributed by atoms with Crippen LogP contribution in [-0.4, -0.2) is 32.8 Å². The van der Waals surface area contributed by atoms with Crippen LogP contribution in [0.3, 0.4) is 0 Å². The van der Waals surface area contributed by atoms with E-state index in [-0.39, 0.29) is 12.2 Å². The predicted molar refractivity (Wildman–Crippen MR) is 115 cm³/mol. The lowest BCUT2D eigenvalue weighted by atomic mass is 10.1. The van der Waals surface area contributed by atoms with Gasteiger partial charge >= 0.3 is 5.97 Å². The molecule has 0 saturated carbocycles. The number of halogens is 1. The number of rotatable bonds is 9. The van der Waals surface area contributed by atoms with Crippen molar-refractivity contribution >= 4 is 33.1 Å². The molecule has 0 fully saturated rings. The summed E-state index contributed by atoms with van der Waals surface area (Å²) in [5.74, 6) is -2.25. The maximum absolute atomic E-state index is 14.0. The highest BCUT2D eigenvalue weighted by atomic mass is 32.2. The summed E-state index contributed by atoms with van der Waals surface area (Å²) in [5.41, 5.74) is 0.667. The highest BCUT2D eigenvalue weighted by Gasteiger charge is 2.29.